The van der Waals surface area contributed by atoms with Crippen LogP contribution in [0, 0.1) is 6.92 Å². The average Bonchev–Trinajstić information content (AvgIpc) is 2.38. The molecule has 0 aliphatic carbocycles. The van der Waals surface area contributed by atoms with Crippen LogP contribution >= 0.6 is 0 Å². The summed E-state index contributed by atoms with van der Waals surface area (Å²) in [6, 6.07) is 5.09. The number of ether oxygens (including phenoxy) is 1. The normalized spacial score (nSPS) is 22.9. The van der Waals surface area contributed by atoms with E-state index >= 15 is 0 Å². The molecule has 1 aromatic carbocycles. The lowest BCUT2D eigenvalue weighted by Crippen LogP contribution is -2.41. The van der Waals surface area contributed by atoms with E-state index in [1.165, 1.54) is 29.7 Å². The third-order valence-corrected chi connectivity index (χ3v) is 4.48. The molecular formula is C18H29NO. The molecule has 1 aromatic rings. The quantitative estimate of drug-likeness (QED) is 0.802. The molecule has 2 atom stereocenters. The van der Waals surface area contributed by atoms with Crippen LogP contribution in [0.1, 0.15) is 63.6 Å². The van der Waals surface area contributed by atoms with Crippen LogP contribution in [0.15, 0.2) is 12.1 Å². The van der Waals surface area contributed by atoms with Gasteiger partial charge in [0, 0.05) is 24.1 Å². The van der Waals surface area contributed by atoms with Crippen molar-refractivity contribution in [3.8, 4) is 5.75 Å². The zero-order valence-corrected chi connectivity index (χ0v) is 13.9. The Morgan fingerprint density at radius 3 is 2.60 bits per heavy atom. The third-order valence-electron chi connectivity index (χ3n) is 4.48. The minimum atomic E-state index is 0.233. The molecule has 0 N–H and O–H groups in total. The summed E-state index contributed by atoms with van der Waals surface area (Å²) in [6.45, 7) is 15.6. The van der Waals surface area contributed by atoms with Crippen LogP contribution in [-0.4, -0.2) is 23.6 Å². The molecule has 2 unspecified atom stereocenters. The number of aryl methyl sites for hydroxylation is 1. The first-order valence-electron chi connectivity index (χ1n) is 7.98. The second-order valence-electron chi connectivity index (χ2n) is 6.45. The molecule has 2 nitrogen and oxygen atoms in total. The fourth-order valence-electron chi connectivity index (χ4n) is 3.27. The van der Waals surface area contributed by atoms with Crippen molar-refractivity contribution in [1.29, 1.82) is 0 Å². The third kappa shape index (κ3) is 2.85. The summed E-state index contributed by atoms with van der Waals surface area (Å²) < 4.78 is 6.14. The molecule has 2 heteroatoms. The van der Waals surface area contributed by atoms with E-state index in [2.05, 4.69) is 58.6 Å². The maximum atomic E-state index is 6.14. The summed E-state index contributed by atoms with van der Waals surface area (Å²) in [7, 11) is 0. The molecule has 0 aromatic heterocycles. The standard InChI is InChI=1S/C18H29NO/c1-7-10-19-11-16-9-8-13(4)18(20-12(2)3)17(16)14(5)15(19)6/h8-9,12,14-15H,7,10-11H2,1-6H3. The van der Waals surface area contributed by atoms with E-state index in [-0.39, 0.29) is 6.10 Å². The number of hydrogen-bond acceptors (Lipinski definition) is 2. The molecular weight excluding hydrogens is 246 g/mol. The Bertz CT molecular complexity index is 467. The van der Waals surface area contributed by atoms with E-state index in [0.29, 0.717) is 12.0 Å². The molecule has 1 heterocycles. The van der Waals surface area contributed by atoms with Crippen LogP contribution in [0.5, 0.6) is 5.75 Å². The summed E-state index contributed by atoms with van der Waals surface area (Å²) in [4.78, 5) is 2.60. The number of rotatable bonds is 4. The van der Waals surface area contributed by atoms with Gasteiger partial charge in [-0.2, -0.15) is 0 Å². The van der Waals surface area contributed by atoms with E-state index in [1.807, 2.05) is 0 Å². The number of nitrogens with zero attached hydrogens (tertiary/aromatic N) is 1. The van der Waals surface area contributed by atoms with Gasteiger partial charge in [-0.25, -0.2) is 0 Å². The van der Waals surface area contributed by atoms with Gasteiger partial charge in [0.05, 0.1) is 6.10 Å². The lowest BCUT2D eigenvalue weighted by atomic mass is 9.83. The molecule has 1 aliphatic rings. The highest BCUT2D eigenvalue weighted by Gasteiger charge is 2.31. The molecule has 112 valence electrons. The zero-order chi connectivity index (χ0) is 14.9. The second kappa shape index (κ2) is 6.17. The van der Waals surface area contributed by atoms with Crippen molar-refractivity contribution < 1.29 is 4.74 Å². The van der Waals surface area contributed by atoms with Crippen molar-refractivity contribution in [3.63, 3.8) is 0 Å². The Balaban J connectivity index is 2.43. The first kappa shape index (κ1) is 15.4. The molecule has 1 aliphatic heterocycles. The summed E-state index contributed by atoms with van der Waals surface area (Å²) in [6.07, 6.45) is 1.45. The molecule has 2 rings (SSSR count). The smallest absolute Gasteiger partial charge is 0.126 e. The van der Waals surface area contributed by atoms with Gasteiger partial charge >= 0.3 is 0 Å². The maximum absolute atomic E-state index is 6.14. The Hall–Kier alpha value is -1.02. The van der Waals surface area contributed by atoms with Crippen LogP contribution in [0.2, 0.25) is 0 Å². The largest absolute Gasteiger partial charge is 0.490 e. The molecule has 0 spiro atoms. The molecule has 20 heavy (non-hydrogen) atoms. The van der Waals surface area contributed by atoms with Crippen molar-refractivity contribution in [2.45, 2.75) is 72.6 Å². The average molecular weight is 275 g/mol. The molecule has 0 bridgehead atoms. The van der Waals surface area contributed by atoms with Crippen molar-refractivity contribution in [2.75, 3.05) is 6.54 Å². The first-order valence-corrected chi connectivity index (χ1v) is 7.98. The predicted molar refractivity (Wildman–Crippen MR) is 85.5 cm³/mol. The van der Waals surface area contributed by atoms with Gasteiger partial charge in [-0.3, -0.25) is 4.90 Å². The van der Waals surface area contributed by atoms with Gasteiger partial charge < -0.3 is 4.74 Å². The number of benzene rings is 1. The van der Waals surface area contributed by atoms with E-state index in [4.69, 9.17) is 4.74 Å². The van der Waals surface area contributed by atoms with Crippen molar-refractivity contribution in [3.05, 3.63) is 28.8 Å². The SMILES string of the molecule is CCCN1Cc2ccc(C)c(OC(C)C)c2C(C)C1C. The molecule has 0 radical (unpaired) electrons. The maximum Gasteiger partial charge on any atom is 0.126 e. The summed E-state index contributed by atoms with van der Waals surface area (Å²) in [5, 5.41) is 0. The molecule has 0 fully saturated rings. The Morgan fingerprint density at radius 2 is 2.00 bits per heavy atom. The zero-order valence-electron chi connectivity index (χ0n) is 13.9. The van der Waals surface area contributed by atoms with Gasteiger partial charge in [-0.15, -0.1) is 0 Å². The first-order chi connectivity index (χ1) is 9.45. The topological polar surface area (TPSA) is 12.5 Å². The van der Waals surface area contributed by atoms with Crippen LogP contribution in [-0.2, 0) is 6.54 Å². The van der Waals surface area contributed by atoms with Crippen LogP contribution in [0.3, 0.4) is 0 Å². The Morgan fingerprint density at radius 1 is 1.30 bits per heavy atom. The minimum absolute atomic E-state index is 0.233. The lowest BCUT2D eigenvalue weighted by Gasteiger charge is -2.40. The summed E-state index contributed by atoms with van der Waals surface area (Å²) in [5.74, 6) is 1.66. The van der Waals surface area contributed by atoms with Gasteiger partial charge in [-0.1, -0.05) is 26.0 Å². The highest BCUT2D eigenvalue weighted by molar-refractivity contribution is 5.49. The molecule has 0 saturated heterocycles. The lowest BCUT2D eigenvalue weighted by molar-refractivity contribution is 0.157. The molecule has 0 amide bonds. The Kier molecular flexibility index (Phi) is 4.74. The fraction of sp³-hybridized carbons (Fsp3) is 0.667. The van der Waals surface area contributed by atoms with E-state index in [1.54, 1.807) is 0 Å². The van der Waals surface area contributed by atoms with Gasteiger partial charge in [-0.05, 0) is 51.8 Å². The second-order valence-corrected chi connectivity index (χ2v) is 6.45. The van der Waals surface area contributed by atoms with Gasteiger partial charge in [0.15, 0.2) is 0 Å². The highest BCUT2D eigenvalue weighted by atomic mass is 16.5. The van der Waals surface area contributed by atoms with Crippen LogP contribution in [0.25, 0.3) is 0 Å². The van der Waals surface area contributed by atoms with E-state index < -0.39 is 0 Å². The van der Waals surface area contributed by atoms with Crippen LogP contribution in [0.4, 0.5) is 0 Å². The van der Waals surface area contributed by atoms with Gasteiger partial charge in [0.1, 0.15) is 5.75 Å². The highest BCUT2D eigenvalue weighted by Crippen LogP contribution is 2.41. The fourth-order valence-corrected chi connectivity index (χ4v) is 3.27. The molecule has 0 saturated carbocycles. The van der Waals surface area contributed by atoms with E-state index in [9.17, 15) is 0 Å². The van der Waals surface area contributed by atoms with Gasteiger partial charge in [0.2, 0.25) is 0 Å². The predicted octanol–water partition coefficient (Wildman–Crippen LogP) is 4.50. The summed E-state index contributed by atoms with van der Waals surface area (Å²) >= 11 is 0. The minimum Gasteiger partial charge on any atom is -0.490 e. The van der Waals surface area contributed by atoms with Crippen LogP contribution < -0.4 is 4.74 Å². The monoisotopic (exact) mass is 275 g/mol. The Labute approximate surface area is 124 Å². The summed E-state index contributed by atoms with van der Waals surface area (Å²) in [5.41, 5.74) is 4.16. The van der Waals surface area contributed by atoms with Crippen molar-refractivity contribution >= 4 is 0 Å². The number of hydrogen-bond donors (Lipinski definition) is 0. The van der Waals surface area contributed by atoms with Crippen molar-refractivity contribution in [2.24, 2.45) is 0 Å². The van der Waals surface area contributed by atoms with E-state index in [0.717, 1.165) is 12.3 Å². The number of fused-ring (bicyclic) bond motifs is 1. The van der Waals surface area contributed by atoms with Gasteiger partial charge in [0.25, 0.3) is 0 Å². The van der Waals surface area contributed by atoms with Crippen molar-refractivity contribution in [1.82, 2.24) is 4.90 Å².